The summed E-state index contributed by atoms with van der Waals surface area (Å²) in [7, 11) is 0. The zero-order valence-electron chi connectivity index (χ0n) is 10.2. The Morgan fingerprint density at radius 2 is 1.80 bits per heavy atom. The number of nitrogens with one attached hydrogen (secondary N) is 1. The van der Waals surface area contributed by atoms with Gasteiger partial charge in [0, 0.05) is 21.3 Å². The molecule has 1 atom stereocenters. The number of primary amides is 1. The van der Waals surface area contributed by atoms with Gasteiger partial charge in [-0.25, -0.2) is 4.39 Å². The van der Waals surface area contributed by atoms with Crippen LogP contribution in [0.5, 0.6) is 0 Å². The van der Waals surface area contributed by atoms with Crippen LogP contribution in [-0.2, 0) is 4.79 Å². The van der Waals surface area contributed by atoms with E-state index in [0.717, 1.165) is 0 Å². The van der Waals surface area contributed by atoms with Gasteiger partial charge in [0.15, 0.2) is 0 Å². The highest BCUT2D eigenvalue weighted by molar-refractivity contribution is 6.31. The molecule has 0 aliphatic heterocycles. The lowest BCUT2D eigenvalue weighted by Gasteiger charge is -2.19. The fourth-order valence-corrected chi connectivity index (χ4v) is 2.18. The standard InChI is InChI=1S/C14H11Cl2FN2O/c15-8-4-6-9(7-5-8)19-13(14(18)20)12-10(16)2-1-3-11(12)17/h1-7,13,19H,(H2,18,20). The summed E-state index contributed by atoms with van der Waals surface area (Å²) < 4.78 is 13.9. The Labute approximate surface area is 125 Å². The molecule has 0 bridgehead atoms. The molecule has 2 aromatic rings. The Morgan fingerprint density at radius 1 is 1.15 bits per heavy atom. The number of carbonyl (C=O) groups excluding carboxylic acids is 1. The molecule has 20 heavy (non-hydrogen) atoms. The summed E-state index contributed by atoms with van der Waals surface area (Å²) in [5.41, 5.74) is 5.94. The molecule has 3 nitrogen and oxygen atoms in total. The number of hydrogen-bond acceptors (Lipinski definition) is 2. The van der Waals surface area contributed by atoms with Crippen molar-refractivity contribution >= 4 is 34.8 Å². The minimum Gasteiger partial charge on any atom is -0.370 e. The van der Waals surface area contributed by atoms with Crippen LogP contribution in [0.15, 0.2) is 42.5 Å². The van der Waals surface area contributed by atoms with Crippen molar-refractivity contribution in [2.24, 2.45) is 5.73 Å². The normalized spacial score (nSPS) is 11.9. The zero-order chi connectivity index (χ0) is 14.7. The van der Waals surface area contributed by atoms with Crippen LogP contribution in [-0.4, -0.2) is 5.91 Å². The van der Waals surface area contributed by atoms with Gasteiger partial charge in [0.2, 0.25) is 5.91 Å². The average molecular weight is 313 g/mol. The van der Waals surface area contributed by atoms with Crippen molar-refractivity contribution in [1.82, 2.24) is 0 Å². The maximum absolute atomic E-state index is 13.9. The largest absolute Gasteiger partial charge is 0.370 e. The Kier molecular flexibility index (Phi) is 4.47. The molecule has 1 unspecified atom stereocenters. The van der Waals surface area contributed by atoms with Gasteiger partial charge in [0.1, 0.15) is 11.9 Å². The van der Waals surface area contributed by atoms with E-state index in [1.165, 1.54) is 18.2 Å². The third-order valence-corrected chi connectivity index (χ3v) is 3.31. The van der Waals surface area contributed by atoms with Gasteiger partial charge in [-0.05, 0) is 36.4 Å². The third-order valence-electron chi connectivity index (χ3n) is 2.73. The Balaban J connectivity index is 2.37. The number of nitrogens with two attached hydrogens (primary N) is 1. The van der Waals surface area contributed by atoms with Crippen molar-refractivity contribution in [3.05, 3.63) is 63.9 Å². The Morgan fingerprint density at radius 3 is 2.35 bits per heavy atom. The summed E-state index contributed by atoms with van der Waals surface area (Å²) in [6.07, 6.45) is 0. The van der Waals surface area contributed by atoms with Gasteiger partial charge in [0.25, 0.3) is 0 Å². The number of amides is 1. The van der Waals surface area contributed by atoms with Crippen molar-refractivity contribution < 1.29 is 9.18 Å². The highest BCUT2D eigenvalue weighted by atomic mass is 35.5. The van der Waals surface area contributed by atoms with Gasteiger partial charge in [-0.3, -0.25) is 4.79 Å². The second kappa shape index (κ2) is 6.11. The molecule has 0 fully saturated rings. The van der Waals surface area contributed by atoms with E-state index in [1.807, 2.05) is 0 Å². The lowest BCUT2D eigenvalue weighted by molar-refractivity contribution is -0.118. The SMILES string of the molecule is NC(=O)C(Nc1ccc(Cl)cc1)c1c(F)cccc1Cl. The summed E-state index contributed by atoms with van der Waals surface area (Å²) in [4.78, 5) is 11.6. The summed E-state index contributed by atoms with van der Waals surface area (Å²) >= 11 is 11.7. The van der Waals surface area contributed by atoms with Crippen LogP contribution in [0.3, 0.4) is 0 Å². The number of benzene rings is 2. The van der Waals surface area contributed by atoms with Crippen molar-refractivity contribution in [2.75, 3.05) is 5.32 Å². The number of rotatable bonds is 4. The van der Waals surface area contributed by atoms with Crippen molar-refractivity contribution in [3.8, 4) is 0 Å². The molecule has 3 N–H and O–H groups in total. The van der Waals surface area contributed by atoms with Crippen molar-refractivity contribution in [3.63, 3.8) is 0 Å². The summed E-state index contributed by atoms with van der Waals surface area (Å²) in [5.74, 6) is -1.32. The molecule has 6 heteroatoms. The van der Waals surface area contributed by atoms with Crippen molar-refractivity contribution in [1.29, 1.82) is 0 Å². The first-order valence-electron chi connectivity index (χ1n) is 5.74. The highest BCUT2D eigenvalue weighted by Gasteiger charge is 2.24. The lowest BCUT2D eigenvalue weighted by Crippen LogP contribution is -2.28. The first kappa shape index (κ1) is 14.6. The van der Waals surface area contributed by atoms with Crippen LogP contribution in [0, 0.1) is 5.82 Å². The molecule has 0 radical (unpaired) electrons. The van der Waals surface area contributed by atoms with Gasteiger partial charge in [-0.2, -0.15) is 0 Å². The quantitative estimate of drug-likeness (QED) is 0.903. The molecule has 0 saturated heterocycles. The Hall–Kier alpha value is -1.78. The molecule has 0 aliphatic rings. The van der Waals surface area contributed by atoms with Gasteiger partial charge >= 0.3 is 0 Å². The molecule has 1 amide bonds. The molecule has 0 saturated carbocycles. The number of halogens is 3. The average Bonchev–Trinajstić information content (AvgIpc) is 2.39. The topological polar surface area (TPSA) is 55.1 Å². The number of hydrogen-bond donors (Lipinski definition) is 2. The first-order chi connectivity index (χ1) is 9.49. The molecule has 104 valence electrons. The Bertz CT molecular complexity index is 611. The summed E-state index contributed by atoms with van der Waals surface area (Å²) in [6.45, 7) is 0. The van der Waals surface area contributed by atoms with Crippen LogP contribution in [0.4, 0.5) is 10.1 Å². The predicted octanol–water partition coefficient (Wildman–Crippen LogP) is 3.77. The van der Waals surface area contributed by atoms with Gasteiger partial charge in [0.05, 0.1) is 0 Å². The first-order valence-corrected chi connectivity index (χ1v) is 6.50. The minimum atomic E-state index is -1.06. The molecule has 0 aliphatic carbocycles. The molecular weight excluding hydrogens is 302 g/mol. The third kappa shape index (κ3) is 3.21. The van der Waals surface area contributed by atoms with E-state index in [2.05, 4.69) is 5.32 Å². The van der Waals surface area contributed by atoms with Gasteiger partial charge in [-0.1, -0.05) is 29.3 Å². The predicted molar refractivity (Wildman–Crippen MR) is 78.4 cm³/mol. The van der Waals surface area contributed by atoms with E-state index in [-0.39, 0.29) is 10.6 Å². The zero-order valence-corrected chi connectivity index (χ0v) is 11.8. The fraction of sp³-hybridized carbons (Fsp3) is 0.0714. The van der Waals surface area contributed by atoms with Crippen LogP contribution >= 0.6 is 23.2 Å². The minimum absolute atomic E-state index is 0.0246. The molecule has 2 rings (SSSR count). The van der Waals surface area contributed by atoms with Crippen LogP contribution in [0.1, 0.15) is 11.6 Å². The van der Waals surface area contributed by atoms with E-state index in [0.29, 0.717) is 10.7 Å². The number of anilines is 1. The molecule has 0 spiro atoms. The maximum atomic E-state index is 13.9. The molecule has 2 aromatic carbocycles. The molecule has 0 aromatic heterocycles. The van der Waals surface area contributed by atoms with Gasteiger partial charge in [-0.15, -0.1) is 0 Å². The van der Waals surface area contributed by atoms with Crippen LogP contribution < -0.4 is 11.1 Å². The van der Waals surface area contributed by atoms with Crippen LogP contribution in [0.2, 0.25) is 10.0 Å². The fourth-order valence-electron chi connectivity index (χ4n) is 1.78. The maximum Gasteiger partial charge on any atom is 0.244 e. The van der Waals surface area contributed by atoms with E-state index in [4.69, 9.17) is 28.9 Å². The smallest absolute Gasteiger partial charge is 0.244 e. The summed E-state index contributed by atoms with van der Waals surface area (Å²) in [6, 6.07) is 9.72. The second-order valence-corrected chi connectivity index (χ2v) is 4.97. The highest BCUT2D eigenvalue weighted by Crippen LogP contribution is 2.29. The summed E-state index contributed by atoms with van der Waals surface area (Å²) in [5, 5.41) is 3.53. The monoisotopic (exact) mass is 312 g/mol. The molecular formula is C14H11Cl2FN2O. The second-order valence-electron chi connectivity index (χ2n) is 4.12. The van der Waals surface area contributed by atoms with E-state index in [9.17, 15) is 9.18 Å². The van der Waals surface area contributed by atoms with E-state index in [1.54, 1.807) is 24.3 Å². The molecule has 0 heterocycles. The van der Waals surface area contributed by atoms with E-state index < -0.39 is 17.8 Å². The number of carbonyl (C=O) groups is 1. The lowest BCUT2D eigenvalue weighted by atomic mass is 10.0. The van der Waals surface area contributed by atoms with E-state index >= 15 is 0 Å². The van der Waals surface area contributed by atoms with Crippen LogP contribution in [0.25, 0.3) is 0 Å². The van der Waals surface area contributed by atoms with Crippen molar-refractivity contribution in [2.45, 2.75) is 6.04 Å². The van der Waals surface area contributed by atoms with Gasteiger partial charge < -0.3 is 11.1 Å².